The van der Waals surface area contributed by atoms with E-state index in [9.17, 15) is 9.90 Å². The molecule has 0 aliphatic heterocycles. The van der Waals surface area contributed by atoms with Crippen LogP contribution >= 0.6 is 0 Å². The fraction of sp³-hybridized carbons (Fsp3) is 0.857. The van der Waals surface area contributed by atoms with E-state index in [1.54, 1.807) is 0 Å². The van der Waals surface area contributed by atoms with Crippen molar-refractivity contribution in [2.45, 2.75) is 174 Å². The van der Waals surface area contributed by atoms with E-state index in [4.69, 9.17) is 9.47 Å². The quantitative estimate of drug-likeness (QED) is 0.0530. The number of esters is 1. The Morgan fingerprint density at radius 1 is 0.615 bits per heavy atom. The van der Waals surface area contributed by atoms with Gasteiger partial charge in [0.1, 0.15) is 6.10 Å². The van der Waals surface area contributed by atoms with E-state index in [0.717, 1.165) is 25.7 Å². The van der Waals surface area contributed by atoms with Gasteiger partial charge < -0.3 is 14.6 Å². The lowest BCUT2D eigenvalue weighted by atomic mass is 10.0. The number of hydrogen-bond acceptors (Lipinski definition) is 4. The molecule has 1 atom stereocenters. The van der Waals surface area contributed by atoms with E-state index >= 15 is 0 Å². The lowest BCUT2D eigenvalue weighted by Gasteiger charge is -2.15. The molecule has 0 saturated heterocycles. The van der Waals surface area contributed by atoms with Gasteiger partial charge >= 0.3 is 5.97 Å². The molecule has 230 valence electrons. The lowest BCUT2D eigenvalue weighted by molar-refractivity contribution is -0.154. The van der Waals surface area contributed by atoms with Crippen molar-refractivity contribution in [3.63, 3.8) is 0 Å². The fourth-order valence-electron chi connectivity index (χ4n) is 4.70. The van der Waals surface area contributed by atoms with Crippen LogP contribution in [0, 0.1) is 0 Å². The second kappa shape index (κ2) is 33.1. The summed E-state index contributed by atoms with van der Waals surface area (Å²) < 4.78 is 11.1. The Kier molecular flexibility index (Phi) is 32.1. The SMILES string of the molecule is CCCC/C=C\C/C=C\CCCCCCCCOCC(CO)OC(=O)CCCCCCCCCCCCCC. The topological polar surface area (TPSA) is 55.8 Å². The van der Waals surface area contributed by atoms with Crippen LogP contribution in [0.4, 0.5) is 0 Å². The molecule has 0 bridgehead atoms. The van der Waals surface area contributed by atoms with Crippen molar-refractivity contribution in [3.05, 3.63) is 24.3 Å². The van der Waals surface area contributed by atoms with Gasteiger partial charge in [0.25, 0.3) is 0 Å². The predicted molar refractivity (Wildman–Crippen MR) is 168 cm³/mol. The Hall–Kier alpha value is -1.13. The minimum Gasteiger partial charge on any atom is -0.457 e. The highest BCUT2D eigenvalue weighted by atomic mass is 16.6. The highest BCUT2D eigenvalue weighted by Crippen LogP contribution is 2.13. The smallest absolute Gasteiger partial charge is 0.306 e. The summed E-state index contributed by atoms with van der Waals surface area (Å²) in [4.78, 5) is 12.1. The minimum absolute atomic E-state index is 0.173. The molecule has 0 radical (unpaired) electrons. The number of aliphatic hydroxyl groups excluding tert-OH is 1. The first kappa shape index (κ1) is 37.9. The Balaban J connectivity index is 3.45. The number of carbonyl (C=O) groups excluding carboxylic acids is 1. The van der Waals surface area contributed by atoms with Crippen LogP contribution in [0.3, 0.4) is 0 Å². The summed E-state index contributed by atoms with van der Waals surface area (Å²) >= 11 is 0. The summed E-state index contributed by atoms with van der Waals surface area (Å²) in [5, 5.41) is 9.52. The van der Waals surface area contributed by atoms with Gasteiger partial charge in [-0.1, -0.05) is 147 Å². The first-order chi connectivity index (χ1) is 19.2. The van der Waals surface area contributed by atoms with Gasteiger partial charge in [-0.25, -0.2) is 0 Å². The molecule has 0 fully saturated rings. The molecule has 4 heteroatoms. The normalized spacial score (nSPS) is 12.6. The maximum absolute atomic E-state index is 12.1. The Bertz CT molecular complexity index is 543. The molecule has 1 N–H and O–H groups in total. The highest BCUT2D eigenvalue weighted by molar-refractivity contribution is 5.69. The molecule has 0 amide bonds. The average molecular weight is 551 g/mol. The van der Waals surface area contributed by atoms with Crippen LogP contribution in [0.1, 0.15) is 168 Å². The lowest BCUT2D eigenvalue weighted by Crippen LogP contribution is -2.27. The summed E-state index contributed by atoms with van der Waals surface area (Å²) in [6.45, 7) is 5.28. The second-order valence-corrected chi connectivity index (χ2v) is 11.2. The van der Waals surface area contributed by atoms with E-state index in [1.165, 1.54) is 122 Å². The van der Waals surface area contributed by atoms with Crippen molar-refractivity contribution in [3.8, 4) is 0 Å². The van der Waals surface area contributed by atoms with Gasteiger partial charge in [0, 0.05) is 13.0 Å². The third kappa shape index (κ3) is 31.3. The van der Waals surface area contributed by atoms with E-state index in [0.29, 0.717) is 19.6 Å². The van der Waals surface area contributed by atoms with E-state index in [2.05, 4.69) is 38.2 Å². The minimum atomic E-state index is -0.533. The zero-order valence-electron chi connectivity index (χ0n) is 26.2. The Morgan fingerprint density at radius 2 is 1.10 bits per heavy atom. The van der Waals surface area contributed by atoms with Crippen LogP contribution in [0.25, 0.3) is 0 Å². The van der Waals surface area contributed by atoms with Crippen molar-refractivity contribution in [2.75, 3.05) is 19.8 Å². The molecule has 4 nitrogen and oxygen atoms in total. The molecule has 0 aliphatic carbocycles. The molecule has 1 unspecified atom stereocenters. The molecule has 39 heavy (non-hydrogen) atoms. The van der Waals surface area contributed by atoms with Crippen molar-refractivity contribution >= 4 is 5.97 Å². The van der Waals surface area contributed by atoms with E-state index in [-0.39, 0.29) is 12.6 Å². The zero-order chi connectivity index (χ0) is 28.5. The van der Waals surface area contributed by atoms with Gasteiger partial charge in [-0.05, 0) is 38.5 Å². The molecule has 0 rings (SSSR count). The largest absolute Gasteiger partial charge is 0.457 e. The van der Waals surface area contributed by atoms with Gasteiger partial charge in [0.15, 0.2) is 0 Å². The first-order valence-electron chi connectivity index (χ1n) is 16.9. The van der Waals surface area contributed by atoms with Crippen molar-refractivity contribution in [1.29, 1.82) is 0 Å². The molecular formula is C35H66O4. The summed E-state index contributed by atoms with van der Waals surface area (Å²) in [6, 6.07) is 0. The number of ether oxygens (including phenoxy) is 2. The summed E-state index contributed by atoms with van der Waals surface area (Å²) in [5.41, 5.74) is 0. The Labute approximate surface area is 243 Å². The third-order valence-electron chi connectivity index (χ3n) is 7.28. The van der Waals surface area contributed by atoms with Crippen LogP contribution in [0.2, 0.25) is 0 Å². The van der Waals surface area contributed by atoms with Gasteiger partial charge in [0.2, 0.25) is 0 Å². The molecule has 0 aliphatic rings. The first-order valence-corrected chi connectivity index (χ1v) is 16.9. The number of rotatable bonds is 31. The van der Waals surface area contributed by atoms with Crippen molar-refractivity contribution < 1.29 is 19.4 Å². The second-order valence-electron chi connectivity index (χ2n) is 11.2. The number of unbranched alkanes of at least 4 members (excludes halogenated alkanes) is 19. The van der Waals surface area contributed by atoms with E-state index in [1.807, 2.05) is 0 Å². The number of allylic oxidation sites excluding steroid dienone is 4. The van der Waals surface area contributed by atoms with Gasteiger partial charge in [0.05, 0.1) is 13.2 Å². The molecule has 0 saturated carbocycles. The zero-order valence-corrected chi connectivity index (χ0v) is 26.2. The average Bonchev–Trinajstić information content (AvgIpc) is 2.94. The summed E-state index contributed by atoms with van der Waals surface area (Å²) in [5.74, 6) is -0.206. The predicted octanol–water partition coefficient (Wildman–Crippen LogP) is 10.4. The molecule has 0 spiro atoms. The van der Waals surface area contributed by atoms with Gasteiger partial charge in [-0.2, -0.15) is 0 Å². The van der Waals surface area contributed by atoms with Crippen LogP contribution in [0.15, 0.2) is 24.3 Å². The Morgan fingerprint density at radius 3 is 1.67 bits per heavy atom. The third-order valence-corrected chi connectivity index (χ3v) is 7.28. The van der Waals surface area contributed by atoms with Crippen LogP contribution in [-0.2, 0) is 14.3 Å². The van der Waals surface area contributed by atoms with Crippen molar-refractivity contribution in [1.82, 2.24) is 0 Å². The number of carbonyl (C=O) groups is 1. The molecular weight excluding hydrogens is 484 g/mol. The van der Waals surface area contributed by atoms with E-state index < -0.39 is 6.10 Å². The molecule has 0 aromatic rings. The molecule has 0 aromatic heterocycles. The number of aliphatic hydroxyl groups is 1. The van der Waals surface area contributed by atoms with Gasteiger partial charge in [-0.3, -0.25) is 4.79 Å². The highest BCUT2D eigenvalue weighted by Gasteiger charge is 2.13. The van der Waals surface area contributed by atoms with Crippen LogP contribution < -0.4 is 0 Å². The monoisotopic (exact) mass is 550 g/mol. The van der Waals surface area contributed by atoms with Crippen LogP contribution in [0.5, 0.6) is 0 Å². The standard InChI is InChI=1S/C35H66O4/c1-3-5-7-9-11-13-15-17-18-19-21-23-25-27-29-31-38-33-34(32-36)39-35(37)30-28-26-24-22-20-16-14-12-10-8-6-4-2/h9,11,15,17,34,36H,3-8,10,12-14,16,18-33H2,1-2H3/b11-9-,17-15-. The maximum Gasteiger partial charge on any atom is 0.306 e. The van der Waals surface area contributed by atoms with Crippen LogP contribution in [-0.4, -0.2) is 37.0 Å². The maximum atomic E-state index is 12.1. The van der Waals surface area contributed by atoms with Crippen molar-refractivity contribution in [2.24, 2.45) is 0 Å². The molecule has 0 aromatic carbocycles. The summed E-state index contributed by atoms with van der Waals surface area (Å²) in [7, 11) is 0. The number of hydrogen-bond donors (Lipinski definition) is 1. The van der Waals surface area contributed by atoms with Gasteiger partial charge in [-0.15, -0.1) is 0 Å². The summed E-state index contributed by atoms with van der Waals surface area (Å²) in [6.07, 6.45) is 37.8. The fourth-order valence-corrected chi connectivity index (χ4v) is 4.70. The molecule has 0 heterocycles.